The van der Waals surface area contributed by atoms with Gasteiger partial charge in [-0.25, -0.2) is 4.79 Å². The first-order valence-corrected chi connectivity index (χ1v) is 12.6. The van der Waals surface area contributed by atoms with Crippen molar-refractivity contribution in [3.8, 4) is 16.9 Å². The second-order valence-electron chi connectivity index (χ2n) is 7.25. The number of ether oxygens (including phenoxy) is 2. The van der Waals surface area contributed by atoms with E-state index in [-0.39, 0.29) is 39.9 Å². The average molecular weight is 535 g/mol. The van der Waals surface area contributed by atoms with Gasteiger partial charge in [0.15, 0.2) is 13.7 Å². The van der Waals surface area contributed by atoms with Gasteiger partial charge in [-0.15, -0.1) is 0 Å². The van der Waals surface area contributed by atoms with Gasteiger partial charge in [0.1, 0.15) is 11.9 Å². The van der Waals surface area contributed by atoms with Crippen LogP contribution in [-0.2, 0) is 9.53 Å². The van der Waals surface area contributed by atoms with E-state index in [0.717, 1.165) is 16.7 Å². The number of carbonyl (C=O) groups excluding carboxylic acids is 1. The molecule has 32 heavy (non-hydrogen) atoms. The number of rotatable bonds is 8. The Balaban J connectivity index is 1.26. The summed E-state index contributed by atoms with van der Waals surface area (Å²) < 4.78 is 13.8. The predicted molar refractivity (Wildman–Crippen MR) is 122 cm³/mol. The molecule has 0 aliphatic rings. The quantitative estimate of drug-likeness (QED) is 0.257. The SMILES string of the molecule is CC(OC(=O)COc1ccc([I+]c2ccccc2)cc1)c1ccc(-c2ccccc2)cc1. The van der Waals surface area contributed by atoms with Crippen LogP contribution in [0.2, 0.25) is 0 Å². The van der Waals surface area contributed by atoms with Gasteiger partial charge in [-0.1, -0.05) is 72.8 Å². The van der Waals surface area contributed by atoms with Gasteiger partial charge in [-0.2, -0.15) is 0 Å². The van der Waals surface area contributed by atoms with Crippen molar-refractivity contribution in [1.82, 2.24) is 0 Å². The monoisotopic (exact) mass is 535 g/mol. The lowest BCUT2D eigenvalue weighted by molar-refractivity contribution is -0.597. The molecule has 4 rings (SSSR count). The largest absolute Gasteiger partial charge is 0.482 e. The molecule has 4 heteroatoms. The molecular weight excluding hydrogens is 511 g/mol. The molecule has 0 radical (unpaired) electrons. The Hall–Kier alpha value is -3.12. The second kappa shape index (κ2) is 11.0. The first-order valence-electron chi connectivity index (χ1n) is 10.4. The van der Waals surface area contributed by atoms with Crippen LogP contribution in [0.4, 0.5) is 0 Å². The first-order chi connectivity index (χ1) is 15.7. The van der Waals surface area contributed by atoms with Gasteiger partial charge in [0.25, 0.3) is 0 Å². The van der Waals surface area contributed by atoms with E-state index in [2.05, 4.69) is 48.5 Å². The smallest absolute Gasteiger partial charge is 0.357 e. The molecule has 0 fully saturated rings. The summed E-state index contributed by atoms with van der Waals surface area (Å²) in [4.78, 5) is 12.3. The third-order valence-corrected chi connectivity index (χ3v) is 7.60. The van der Waals surface area contributed by atoms with E-state index >= 15 is 0 Å². The van der Waals surface area contributed by atoms with Crippen molar-refractivity contribution in [3.63, 3.8) is 0 Å². The number of esters is 1. The number of hydrogen-bond acceptors (Lipinski definition) is 3. The lowest BCUT2D eigenvalue weighted by Crippen LogP contribution is -3.61. The maximum Gasteiger partial charge on any atom is 0.357 e. The lowest BCUT2D eigenvalue weighted by Gasteiger charge is -2.14. The number of carbonyl (C=O) groups is 1. The minimum absolute atomic E-state index is 0.112. The highest BCUT2D eigenvalue weighted by Crippen LogP contribution is 2.23. The van der Waals surface area contributed by atoms with E-state index in [9.17, 15) is 4.79 Å². The van der Waals surface area contributed by atoms with E-state index in [1.807, 2.05) is 67.6 Å². The summed E-state index contributed by atoms with van der Waals surface area (Å²) in [6.45, 7) is 1.76. The van der Waals surface area contributed by atoms with Gasteiger partial charge < -0.3 is 9.47 Å². The van der Waals surface area contributed by atoms with E-state index in [1.54, 1.807) is 0 Å². The molecule has 0 aromatic heterocycles. The lowest BCUT2D eigenvalue weighted by atomic mass is 10.0. The van der Waals surface area contributed by atoms with Crippen molar-refractivity contribution >= 4 is 5.97 Å². The zero-order chi connectivity index (χ0) is 22.2. The van der Waals surface area contributed by atoms with Crippen LogP contribution < -0.4 is 25.9 Å². The van der Waals surface area contributed by atoms with Gasteiger partial charge >= 0.3 is 27.2 Å². The summed E-state index contributed by atoms with van der Waals surface area (Å²) in [5, 5.41) is 0. The molecule has 0 N–H and O–H groups in total. The third kappa shape index (κ3) is 6.20. The van der Waals surface area contributed by atoms with Crippen LogP contribution in [-0.4, -0.2) is 12.6 Å². The Bertz CT molecular complexity index is 1120. The van der Waals surface area contributed by atoms with Crippen LogP contribution in [0.5, 0.6) is 5.75 Å². The number of hydrogen-bond donors (Lipinski definition) is 0. The molecule has 0 aliphatic heterocycles. The zero-order valence-corrected chi connectivity index (χ0v) is 19.9. The Morgan fingerprint density at radius 2 is 1.28 bits per heavy atom. The van der Waals surface area contributed by atoms with Crippen molar-refractivity contribution in [2.75, 3.05) is 6.61 Å². The van der Waals surface area contributed by atoms with Gasteiger partial charge in [-0.05, 0) is 60.0 Å². The molecule has 0 bridgehead atoms. The summed E-state index contributed by atoms with van der Waals surface area (Å²) in [6.07, 6.45) is -0.339. The highest BCUT2D eigenvalue weighted by atomic mass is 127. The van der Waals surface area contributed by atoms with Crippen molar-refractivity contribution in [2.24, 2.45) is 0 Å². The van der Waals surface area contributed by atoms with E-state index in [4.69, 9.17) is 9.47 Å². The minimum atomic E-state index is -0.384. The van der Waals surface area contributed by atoms with E-state index in [1.165, 1.54) is 7.14 Å². The molecule has 0 spiro atoms. The van der Waals surface area contributed by atoms with Crippen LogP contribution in [0.15, 0.2) is 109 Å². The predicted octanol–water partition coefficient (Wildman–Crippen LogP) is 3.17. The normalized spacial score (nSPS) is 11.5. The Kier molecular flexibility index (Phi) is 7.56. The molecule has 4 aromatic carbocycles. The van der Waals surface area contributed by atoms with Crippen LogP contribution in [0.25, 0.3) is 11.1 Å². The summed E-state index contributed by atoms with van der Waals surface area (Å²) in [5.74, 6) is 0.285. The summed E-state index contributed by atoms with van der Waals surface area (Å²) in [6, 6.07) is 36.7. The Labute approximate surface area is 199 Å². The standard InChI is InChI=1S/C28H24IO3/c1-21(22-12-14-24(15-13-22)23-8-4-2-5-9-23)32-28(30)20-31-27-18-16-26(17-19-27)29-25-10-6-3-7-11-25/h2-19,21H,20H2,1H3/q+1. The highest BCUT2D eigenvalue weighted by Gasteiger charge is 2.16. The summed E-state index contributed by atoms with van der Waals surface area (Å²) in [7, 11) is 0. The molecule has 0 saturated heterocycles. The molecule has 160 valence electrons. The fraction of sp³-hybridized carbons (Fsp3) is 0.107. The van der Waals surface area contributed by atoms with Gasteiger partial charge in [0.2, 0.25) is 0 Å². The molecule has 1 atom stereocenters. The fourth-order valence-corrected chi connectivity index (χ4v) is 5.43. The molecule has 0 aliphatic carbocycles. The fourth-order valence-electron chi connectivity index (χ4n) is 3.22. The minimum Gasteiger partial charge on any atom is -0.482 e. The molecule has 3 nitrogen and oxygen atoms in total. The molecule has 0 saturated carbocycles. The van der Waals surface area contributed by atoms with Crippen LogP contribution in [0, 0.1) is 7.14 Å². The van der Waals surface area contributed by atoms with Crippen LogP contribution in [0.1, 0.15) is 18.6 Å². The topological polar surface area (TPSA) is 35.5 Å². The highest BCUT2D eigenvalue weighted by molar-refractivity contribution is 5.71. The Morgan fingerprint density at radius 1 is 0.719 bits per heavy atom. The van der Waals surface area contributed by atoms with Gasteiger partial charge in [-0.3, -0.25) is 0 Å². The maximum atomic E-state index is 12.3. The maximum absolute atomic E-state index is 12.3. The van der Waals surface area contributed by atoms with Crippen LogP contribution in [0.3, 0.4) is 0 Å². The van der Waals surface area contributed by atoms with Crippen molar-refractivity contribution in [3.05, 3.63) is 122 Å². The van der Waals surface area contributed by atoms with Crippen molar-refractivity contribution in [1.29, 1.82) is 0 Å². The second-order valence-corrected chi connectivity index (χ2v) is 10.3. The average Bonchev–Trinajstić information content (AvgIpc) is 2.85. The third-order valence-electron chi connectivity index (χ3n) is 4.92. The van der Waals surface area contributed by atoms with Gasteiger partial charge in [0, 0.05) is 0 Å². The number of halogens is 1. The van der Waals surface area contributed by atoms with E-state index < -0.39 is 0 Å². The Morgan fingerprint density at radius 3 is 1.94 bits per heavy atom. The molecule has 4 aromatic rings. The summed E-state index contributed by atoms with van der Waals surface area (Å²) >= 11 is -0.210. The van der Waals surface area contributed by atoms with Crippen molar-refractivity contribution in [2.45, 2.75) is 13.0 Å². The van der Waals surface area contributed by atoms with E-state index in [0.29, 0.717) is 5.75 Å². The molecular formula is C28H24IO3+. The van der Waals surface area contributed by atoms with Crippen LogP contribution >= 0.6 is 0 Å². The number of benzene rings is 4. The summed E-state index contributed by atoms with van der Waals surface area (Å²) in [5.41, 5.74) is 3.25. The molecule has 0 heterocycles. The molecule has 0 amide bonds. The van der Waals surface area contributed by atoms with Crippen molar-refractivity contribution < 1.29 is 35.5 Å². The van der Waals surface area contributed by atoms with Gasteiger partial charge in [0.05, 0.1) is 0 Å². The zero-order valence-electron chi connectivity index (χ0n) is 17.8. The first kappa shape index (κ1) is 22.1. The molecule has 1 unspecified atom stereocenters.